The normalized spacial score (nSPS) is 9.84. The van der Waals surface area contributed by atoms with Crippen molar-refractivity contribution in [1.29, 1.82) is 0 Å². The molecule has 0 aromatic heterocycles. The number of esters is 1. The molecule has 1 aromatic carbocycles. The second-order valence-electron chi connectivity index (χ2n) is 3.82. The summed E-state index contributed by atoms with van der Waals surface area (Å²) in [5, 5.41) is 2.70. The third kappa shape index (κ3) is 5.15. The molecular weight excluding hydrogens is 254 g/mol. The molecule has 1 rings (SSSR count). The molecule has 0 aliphatic rings. The molecule has 0 N–H and O–H groups in total. The van der Waals surface area contributed by atoms with Gasteiger partial charge in [0.25, 0.3) is 0 Å². The molecule has 0 spiro atoms. The third-order valence-electron chi connectivity index (χ3n) is 1.99. The molecule has 0 bridgehead atoms. The molecule has 102 valence electrons. The maximum Gasteiger partial charge on any atom is 0.516 e. The molecular formula is C12H13NO6. The summed E-state index contributed by atoms with van der Waals surface area (Å²) >= 11 is 0. The molecule has 0 amide bonds. The van der Waals surface area contributed by atoms with Gasteiger partial charge in [0.2, 0.25) is 6.79 Å². The Kier molecular flexibility index (Phi) is 5.46. The van der Waals surface area contributed by atoms with Crippen molar-refractivity contribution in [2.24, 2.45) is 11.1 Å². The minimum absolute atomic E-state index is 0.188. The van der Waals surface area contributed by atoms with Crippen molar-refractivity contribution < 1.29 is 23.8 Å². The number of nitrogens with zero attached hydrogens (tertiary/aromatic N) is 1. The first-order chi connectivity index (χ1) is 9.02. The van der Waals surface area contributed by atoms with Gasteiger partial charge in [0.05, 0.1) is 5.92 Å². The fraction of sp³-hybridized carbons (Fsp3) is 0.333. The van der Waals surface area contributed by atoms with Gasteiger partial charge in [-0.05, 0) is 29.4 Å². The van der Waals surface area contributed by atoms with Gasteiger partial charge in [-0.25, -0.2) is 4.79 Å². The summed E-state index contributed by atoms with van der Waals surface area (Å²) in [5.41, 5.74) is 0.214. The lowest BCUT2D eigenvalue weighted by Gasteiger charge is -2.08. The van der Waals surface area contributed by atoms with Crippen LogP contribution in [0.5, 0.6) is 5.75 Å². The lowest BCUT2D eigenvalue weighted by Crippen LogP contribution is -2.18. The number of carbonyl (C=O) groups is 2. The first kappa shape index (κ1) is 14.6. The number of hydrogen-bond acceptors (Lipinski definition) is 7. The van der Waals surface area contributed by atoms with E-state index in [4.69, 9.17) is 4.74 Å². The molecule has 7 heteroatoms. The van der Waals surface area contributed by atoms with Gasteiger partial charge >= 0.3 is 12.1 Å². The molecule has 0 aliphatic carbocycles. The summed E-state index contributed by atoms with van der Waals surface area (Å²) in [5.74, 6) is -0.593. The summed E-state index contributed by atoms with van der Waals surface area (Å²) in [6.45, 7) is 2.80. The number of nitroso groups, excluding NO2 is 1. The summed E-state index contributed by atoms with van der Waals surface area (Å²) in [6, 6.07) is 5.54. The predicted molar refractivity (Wildman–Crippen MR) is 64.8 cm³/mol. The van der Waals surface area contributed by atoms with Crippen LogP contribution in [-0.2, 0) is 14.3 Å². The standard InChI is InChI=1S/C12H13NO6/c1-8(2)11(14)17-7-18-12(15)19-10-5-3-9(13-16)4-6-10/h3-6,8H,7H2,1-2H3. The van der Waals surface area contributed by atoms with Crippen molar-refractivity contribution in [1.82, 2.24) is 0 Å². The Balaban J connectivity index is 2.34. The van der Waals surface area contributed by atoms with Gasteiger partial charge < -0.3 is 14.2 Å². The van der Waals surface area contributed by atoms with Crippen molar-refractivity contribution in [2.45, 2.75) is 13.8 Å². The number of ether oxygens (including phenoxy) is 3. The van der Waals surface area contributed by atoms with Gasteiger partial charge in [-0.15, -0.1) is 4.91 Å². The van der Waals surface area contributed by atoms with Gasteiger partial charge in [-0.2, -0.15) is 0 Å². The molecule has 19 heavy (non-hydrogen) atoms. The van der Waals surface area contributed by atoms with Gasteiger partial charge in [0.15, 0.2) is 0 Å². The highest BCUT2D eigenvalue weighted by atomic mass is 16.8. The number of carbonyl (C=O) groups excluding carboxylic acids is 2. The Bertz CT molecular complexity index is 454. The van der Waals surface area contributed by atoms with Crippen LogP contribution in [0.1, 0.15) is 13.8 Å². The second kappa shape index (κ2) is 7.10. The first-order valence-electron chi connectivity index (χ1n) is 5.47. The van der Waals surface area contributed by atoms with E-state index in [0.29, 0.717) is 0 Å². The zero-order valence-corrected chi connectivity index (χ0v) is 10.5. The predicted octanol–water partition coefficient (Wildman–Crippen LogP) is 2.76. The number of rotatable bonds is 5. The lowest BCUT2D eigenvalue weighted by molar-refractivity contribution is -0.156. The zero-order valence-electron chi connectivity index (χ0n) is 10.5. The SMILES string of the molecule is CC(C)C(=O)OCOC(=O)Oc1ccc(N=O)cc1. The van der Waals surface area contributed by atoms with Crippen molar-refractivity contribution in [3.63, 3.8) is 0 Å². The van der Waals surface area contributed by atoms with Crippen molar-refractivity contribution in [2.75, 3.05) is 6.79 Å². The van der Waals surface area contributed by atoms with Crippen LogP contribution >= 0.6 is 0 Å². The van der Waals surface area contributed by atoms with E-state index in [1.54, 1.807) is 13.8 Å². The van der Waals surface area contributed by atoms with E-state index < -0.39 is 18.9 Å². The Morgan fingerprint density at radius 2 is 1.79 bits per heavy atom. The van der Waals surface area contributed by atoms with Crippen LogP contribution in [0.2, 0.25) is 0 Å². The van der Waals surface area contributed by atoms with Crippen LogP contribution in [0.15, 0.2) is 29.4 Å². The van der Waals surface area contributed by atoms with Crippen LogP contribution < -0.4 is 4.74 Å². The van der Waals surface area contributed by atoms with Crippen LogP contribution in [-0.4, -0.2) is 18.9 Å². The van der Waals surface area contributed by atoms with Crippen molar-refractivity contribution in [3.8, 4) is 5.75 Å². The van der Waals surface area contributed by atoms with Gasteiger partial charge in [0, 0.05) is 0 Å². The average Bonchev–Trinajstić information content (AvgIpc) is 2.39. The van der Waals surface area contributed by atoms with Crippen molar-refractivity contribution >= 4 is 17.8 Å². The Morgan fingerprint density at radius 3 is 2.32 bits per heavy atom. The van der Waals surface area contributed by atoms with E-state index in [1.165, 1.54) is 24.3 Å². The molecule has 7 nitrogen and oxygen atoms in total. The van der Waals surface area contributed by atoms with E-state index >= 15 is 0 Å². The number of hydrogen-bond donors (Lipinski definition) is 0. The molecule has 0 saturated carbocycles. The Morgan fingerprint density at radius 1 is 1.16 bits per heavy atom. The molecule has 0 heterocycles. The molecule has 0 saturated heterocycles. The molecule has 1 aromatic rings. The zero-order chi connectivity index (χ0) is 14.3. The highest BCUT2D eigenvalue weighted by Gasteiger charge is 2.11. The van der Waals surface area contributed by atoms with Crippen molar-refractivity contribution in [3.05, 3.63) is 29.2 Å². The quantitative estimate of drug-likeness (QED) is 0.352. The smallest absolute Gasteiger partial charge is 0.427 e. The van der Waals surface area contributed by atoms with E-state index in [9.17, 15) is 14.5 Å². The first-order valence-corrected chi connectivity index (χ1v) is 5.47. The molecule has 0 unspecified atom stereocenters. The fourth-order valence-corrected chi connectivity index (χ4v) is 1.00. The molecule has 0 aliphatic heterocycles. The summed E-state index contributed by atoms with van der Waals surface area (Å²) in [7, 11) is 0. The Hall–Kier alpha value is -2.44. The van der Waals surface area contributed by atoms with Crippen LogP contribution in [0.4, 0.5) is 10.5 Å². The van der Waals surface area contributed by atoms with E-state index in [-0.39, 0.29) is 17.4 Å². The van der Waals surface area contributed by atoms with Crippen LogP contribution in [0.3, 0.4) is 0 Å². The maximum atomic E-state index is 11.2. The molecule has 0 fully saturated rings. The van der Waals surface area contributed by atoms with Gasteiger partial charge in [-0.1, -0.05) is 13.8 Å². The molecule has 0 atom stereocenters. The van der Waals surface area contributed by atoms with Crippen LogP contribution in [0.25, 0.3) is 0 Å². The fourth-order valence-electron chi connectivity index (χ4n) is 1.00. The van der Waals surface area contributed by atoms with E-state index in [0.717, 1.165) is 0 Å². The minimum atomic E-state index is -1.01. The van der Waals surface area contributed by atoms with E-state index in [2.05, 4.69) is 14.7 Å². The molecule has 0 radical (unpaired) electrons. The summed E-state index contributed by atoms with van der Waals surface area (Å²) < 4.78 is 13.9. The lowest BCUT2D eigenvalue weighted by atomic mass is 10.2. The van der Waals surface area contributed by atoms with Crippen LogP contribution in [0, 0.1) is 10.8 Å². The minimum Gasteiger partial charge on any atom is -0.427 e. The van der Waals surface area contributed by atoms with Gasteiger partial charge in [-0.3, -0.25) is 4.79 Å². The van der Waals surface area contributed by atoms with Gasteiger partial charge in [0.1, 0.15) is 11.4 Å². The van der Waals surface area contributed by atoms with E-state index in [1.807, 2.05) is 0 Å². The number of benzene rings is 1. The largest absolute Gasteiger partial charge is 0.516 e. The Labute approximate surface area is 109 Å². The third-order valence-corrected chi connectivity index (χ3v) is 1.99. The topological polar surface area (TPSA) is 91.3 Å². The average molecular weight is 267 g/mol. The highest BCUT2D eigenvalue weighted by Crippen LogP contribution is 2.17. The summed E-state index contributed by atoms with van der Waals surface area (Å²) in [4.78, 5) is 32.4. The second-order valence-corrected chi connectivity index (χ2v) is 3.82. The summed E-state index contributed by atoms with van der Waals surface area (Å²) in [6.07, 6.45) is -1.01. The monoisotopic (exact) mass is 267 g/mol. The highest BCUT2D eigenvalue weighted by molar-refractivity contribution is 5.71. The maximum absolute atomic E-state index is 11.2.